The molecule has 0 bridgehead atoms. The molecule has 24 heavy (non-hydrogen) atoms. The van der Waals surface area contributed by atoms with Crippen LogP contribution < -0.4 is 4.90 Å². The zero-order valence-corrected chi connectivity index (χ0v) is 13.5. The van der Waals surface area contributed by atoms with Crippen LogP contribution in [0.3, 0.4) is 0 Å². The number of carboxylic acid groups (broad SMARTS) is 1. The zero-order valence-electron chi connectivity index (χ0n) is 13.5. The largest absolute Gasteiger partial charge is 0.481 e. The van der Waals surface area contributed by atoms with Crippen molar-refractivity contribution in [1.29, 1.82) is 0 Å². The number of anilines is 1. The quantitative estimate of drug-likeness (QED) is 0.914. The third-order valence-corrected chi connectivity index (χ3v) is 4.46. The Bertz CT molecular complexity index is 688. The highest BCUT2D eigenvalue weighted by molar-refractivity contribution is 5.91. The van der Waals surface area contributed by atoms with Gasteiger partial charge in [0.2, 0.25) is 5.91 Å². The molecule has 7 heteroatoms. The van der Waals surface area contributed by atoms with Gasteiger partial charge in [-0.25, -0.2) is 4.79 Å². The number of nitrogens with zero attached hydrogens (tertiary/aromatic N) is 2. The van der Waals surface area contributed by atoms with Crippen LogP contribution in [0, 0.1) is 6.92 Å². The minimum atomic E-state index is -0.979. The summed E-state index contributed by atoms with van der Waals surface area (Å²) in [6, 6.07) is 5.68. The number of aliphatic carboxylic acids is 1. The van der Waals surface area contributed by atoms with Crippen LogP contribution in [0.15, 0.2) is 18.2 Å². The van der Waals surface area contributed by atoms with Crippen molar-refractivity contribution in [2.45, 2.75) is 38.8 Å². The van der Waals surface area contributed by atoms with Crippen molar-refractivity contribution in [2.24, 2.45) is 0 Å². The number of hydrogen-bond acceptors (Lipinski definition) is 4. The monoisotopic (exact) mass is 332 g/mol. The van der Waals surface area contributed by atoms with Crippen LogP contribution in [-0.2, 0) is 20.9 Å². The maximum absolute atomic E-state index is 12.4. The molecule has 7 nitrogen and oxygen atoms in total. The van der Waals surface area contributed by atoms with Gasteiger partial charge in [-0.2, -0.15) is 0 Å². The van der Waals surface area contributed by atoms with E-state index in [9.17, 15) is 14.4 Å². The lowest BCUT2D eigenvalue weighted by Crippen LogP contribution is -2.42. The molecule has 0 unspecified atom stereocenters. The van der Waals surface area contributed by atoms with E-state index in [4.69, 9.17) is 9.84 Å². The van der Waals surface area contributed by atoms with E-state index in [1.54, 1.807) is 9.80 Å². The summed E-state index contributed by atoms with van der Waals surface area (Å²) in [4.78, 5) is 38.5. The number of amides is 2. The fourth-order valence-electron chi connectivity index (χ4n) is 3.17. The summed E-state index contributed by atoms with van der Waals surface area (Å²) in [5.74, 6) is -1.16. The molecule has 1 fully saturated rings. The number of hydrogen-bond donors (Lipinski definition) is 1. The molecule has 2 aliphatic heterocycles. The first-order valence-corrected chi connectivity index (χ1v) is 8.01. The third kappa shape index (κ3) is 3.20. The number of aryl methyl sites for hydroxylation is 1. The van der Waals surface area contributed by atoms with Crippen molar-refractivity contribution in [3.05, 3.63) is 29.3 Å². The maximum Gasteiger partial charge on any atom is 0.414 e. The smallest absolute Gasteiger partial charge is 0.414 e. The van der Waals surface area contributed by atoms with Crippen molar-refractivity contribution in [1.82, 2.24) is 4.90 Å². The second-order valence-electron chi connectivity index (χ2n) is 6.23. The van der Waals surface area contributed by atoms with Gasteiger partial charge in [0.1, 0.15) is 6.61 Å². The van der Waals surface area contributed by atoms with Gasteiger partial charge in [-0.05, 0) is 30.5 Å². The Kier molecular flexibility index (Phi) is 4.42. The molecule has 0 radical (unpaired) electrons. The average molecular weight is 332 g/mol. The first-order chi connectivity index (χ1) is 11.5. The first kappa shape index (κ1) is 16.3. The van der Waals surface area contributed by atoms with Crippen LogP contribution in [0.4, 0.5) is 10.5 Å². The highest BCUT2D eigenvalue weighted by atomic mass is 16.6. The van der Waals surface area contributed by atoms with E-state index in [-0.39, 0.29) is 30.9 Å². The van der Waals surface area contributed by atoms with Crippen LogP contribution in [0.2, 0.25) is 0 Å². The Morgan fingerprint density at radius 3 is 2.88 bits per heavy atom. The topological polar surface area (TPSA) is 87.2 Å². The molecule has 0 aliphatic carbocycles. The number of ether oxygens (including phenoxy) is 1. The minimum absolute atomic E-state index is 0.0136. The van der Waals surface area contributed by atoms with Gasteiger partial charge in [0.15, 0.2) is 0 Å². The molecule has 0 saturated carbocycles. The van der Waals surface area contributed by atoms with Crippen molar-refractivity contribution < 1.29 is 24.2 Å². The van der Waals surface area contributed by atoms with E-state index >= 15 is 0 Å². The second kappa shape index (κ2) is 6.51. The van der Waals surface area contributed by atoms with Gasteiger partial charge in [-0.3, -0.25) is 14.5 Å². The molecule has 0 spiro atoms. The summed E-state index contributed by atoms with van der Waals surface area (Å²) in [6.07, 6.45) is 0.0726. The zero-order chi connectivity index (χ0) is 17.3. The van der Waals surface area contributed by atoms with Gasteiger partial charge in [0, 0.05) is 19.5 Å². The van der Waals surface area contributed by atoms with Crippen molar-refractivity contribution in [3.8, 4) is 0 Å². The van der Waals surface area contributed by atoms with E-state index in [0.717, 1.165) is 16.8 Å². The molecule has 1 aromatic carbocycles. The van der Waals surface area contributed by atoms with Crippen LogP contribution in [0.1, 0.15) is 30.4 Å². The van der Waals surface area contributed by atoms with E-state index in [1.165, 1.54) is 0 Å². The van der Waals surface area contributed by atoms with Gasteiger partial charge in [0.05, 0.1) is 18.2 Å². The van der Waals surface area contributed by atoms with Crippen molar-refractivity contribution >= 4 is 23.7 Å². The molecule has 2 heterocycles. The second-order valence-corrected chi connectivity index (χ2v) is 6.23. The molecule has 3 rings (SSSR count). The van der Waals surface area contributed by atoms with Crippen LogP contribution in [0.5, 0.6) is 0 Å². The number of cyclic esters (lactones) is 1. The summed E-state index contributed by atoms with van der Waals surface area (Å²) in [7, 11) is 0. The van der Waals surface area contributed by atoms with Gasteiger partial charge < -0.3 is 14.7 Å². The number of fused-ring (bicyclic) bond motifs is 3. The standard InChI is InChI=1S/C17H20N2O5/c1-11-2-3-12-9-18(15(20)4-5-16(21)22)7-6-13-10-24-17(23)19(13)14(12)8-11/h2-3,8,13H,4-7,9-10H2,1H3,(H,21,22)/t13-/m0/s1. The molecule has 1 atom stereocenters. The lowest BCUT2D eigenvalue weighted by molar-refractivity contribution is -0.141. The number of carbonyl (C=O) groups is 3. The van der Waals surface area contributed by atoms with Gasteiger partial charge >= 0.3 is 12.1 Å². The molecule has 1 saturated heterocycles. The Hall–Kier alpha value is -2.57. The van der Waals surface area contributed by atoms with Gasteiger partial charge in [0.25, 0.3) is 0 Å². The number of carboxylic acids is 1. The Morgan fingerprint density at radius 1 is 1.33 bits per heavy atom. The predicted molar refractivity (Wildman–Crippen MR) is 85.7 cm³/mol. The minimum Gasteiger partial charge on any atom is -0.481 e. The Labute approximate surface area is 139 Å². The number of rotatable bonds is 3. The molecule has 2 aliphatic rings. The lowest BCUT2D eigenvalue weighted by atomic mass is 10.0. The summed E-state index contributed by atoms with van der Waals surface area (Å²) in [5, 5.41) is 8.77. The van der Waals surface area contributed by atoms with Crippen LogP contribution >= 0.6 is 0 Å². The molecule has 128 valence electrons. The summed E-state index contributed by atoms with van der Waals surface area (Å²) in [5.41, 5.74) is 2.67. The molecule has 2 amide bonds. The normalized spacial score (nSPS) is 19.9. The van der Waals surface area contributed by atoms with Crippen LogP contribution in [-0.4, -0.2) is 47.2 Å². The number of carbonyl (C=O) groups excluding carboxylic acids is 2. The maximum atomic E-state index is 12.4. The highest BCUT2D eigenvalue weighted by Crippen LogP contribution is 2.32. The van der Waals surface area contributed by atoms with E-state index in [2.05, 4.69) is 0 Å². The highest BCUT2D eigenvalue weighted by Gasteiger charge is 2.37. The summed E-state index contributed by atoms with van der Waals surface area (Å²) in [6.45, 7) is 3.10. The van der Waals surface area contributed by atoms with E-state index in [1.807, 2.05) is 25.1 Å². The average Bonchev–Trinajstić information content (AvgIpc) is 2.88. The third-order valence-electron chi connectivity index (χ3n) is 4.46. The van der Waals surface area contributed by atoms with E-state index < -0.39 is 5.97 Å². The molecule has 0 aromatic heterocycles. The molecule has 1 aromatic rings. The van der Waals surface area contributed by atoms with Gasteiger partial charge in [-0.15, -0.1) is 0 Å². The molecular weight excluding hydrogens is 312 g/mol. The summed E-state index contributed by atoms with van der Waals surface area (Å²) >= 11 is 0. The fraction of sp³-hybridized carbons (Fsp3) is 0.471. The molecular formula is C17H20N2O5. The van der Waals surface area contributed by atoms with Gasteiger partial charge in [-0.1, -0.05) is 12.1 Å². The van der Waals surface area contributed by atoms with Crippen molar-refractivity contribution in [3.63, 3.8) is 0 Å². The predicted octanol–water partition coefficient (Wildman–Crippen LogP) is 1.92. The summed E-state index contributed by atoms with van der Waals surface area (Å²) < 4.78 is 5.19. The first-order valence-electron chi connectivity index (χ1n) is 8.01. The van der Waals surface area contributed by atoms with Crippen LogP contribution in [0.25, 0.3) is 0 Å². The SMILES string of the molecule is Cc1ccc2c(c1)N1C(=O)OC[C@@H]1CCN(C(=O)CCC(=O)O)C2. The van der Waals surface area contributed by atoms with E-state index in [0.29, 0.717) is 26.1 Å². The fourth-order valence-corrected chi connectivity index (χ4v) is 3.17. The van der Waals surface area contributed by atoms with Crippen molar-refractivity contribution in [2.75, 3.05) is 18.1 Å². The molecule has 1 N–H and O–H groups in total. The number of benzene rings is 1. The Morgan fingerprint density at radius 2 is 2.12 bits per heavy atom. The lowest BCUT2D eigenvalue weighted by Gasteiger charge is -2.32. The Balaban J connectivity index is 1.89.